The van der Waals surface area contributed by atoms with Crippen LogP contribution in [0.25, 0.3) is 11.4 Å². The van der Waals surface area contributed by atoms with E-state index in [-0.39, 0.29) is 0 Å². The molecule has 0 saturated heterocycles. The van der Waals surface area contributed by atoms with E-state index in [1.807, 2.05) is 12.4 Å². The first-order valence-corrected chi connectivity index (χ1v) is 5.88. The highest BCUT2D eigenvalue weighted by Gasteiger charge is 2.00. The van der Waals surface area contributed by atoms with Gasteiger partial charge in [0.25, 0.3) is 0 Å². The van der Waals surface area contributed by atoms with Crippen molar-refractivity contribution in [3.63, 3.8) is 0 Å². The van der Waals surface area contributed by atoms with Crippen LogP contribution in [0.2, 0.25) is 0 Å². The van der Waals surface area contributed by atoms with Gasteiger partial charge in [-0.15, -0.1) is 0 Å². The minimum atomic E-state index is 0.783. The number of benzene rings is 1. The smallest absolute Gasteiger partial charge is 0.159 e. The van der Waals surface area contributed by atoms with Crippen LogP contribution in [0, 0.1) is 6.92 Å². The van der Waals surface area contributed by atoms with Crippen molar-refractivity contribution in [3.05, 3.63) is 47.8 Å². The molecule has 0 fully saturated rings. The van der Waals surface area contributed by atoms with Gasteiger partial charge in [-0.1, -0.05) is 36.8 Å². The van der Waals surface area contributed by atoms with Crippen LogP contribution >= 0.6 is 0 Å². The third-order valence-corrected chi connectivity index (χ3v) is 2.59. The molecule has 0 bridgehead atoms. The number of hydrogen-bond acceptors (Lipinski definition) is 3. The Morgan fingerprint density at radius 2 is 1.71 bits per heavy atom. The molecule has 2 rings (SSSR count). The van der Waals surface area contributed by atoms with E-state index in [2.05, 4.69) is 53.4 Å². The van der Waals surface area contributed by atoms with Gasteiger partial charge in [-0.2, -0.15) is 0 Å². The van der Waals surface area contributed by atoms with Gasteiger partial charge in [-0.05, 0) is 13.5 Å². The van der Waals surface area contributed by atoms with E-state index < -0.39 is 0 Å². The fourth-order valence-electron chi connectivity index (χ4n) is 1.57. The largest absolute Gasteiger partial charge is 0.313 e. The van der Waals surface area contributed by atoms with Gasteiger partial charge in [0.05, 0.1) is 0 Å². The summed E-state index contributed by atoms with van der Waals surface area (Å²) in [5.74, 6) is 0.783. The highest BCUT2D eigenvalue weighted by Crippen LogP contribution is 2.14. The Labute approximate surface area is 102 Å². The first kappa shape index (κ1) is 11.7. The Morgan fingerprint density at radius 3 is 2.29 bits per heavy atom. The average Bonchev–Trinajstić information content (AvgIpc) is 2.38. The van der Waals surface area contributed by atoms with Gasteiger partial charge in [0.15, 0.2) is 5.82 Å². The number of hydrogen-bond donors (Lipinski definition) is 1. The molecule has 0 aliphatic carbocycles. The molecule has 0 amide bonds. The van der Waals surface area contributed by atoms with Crippen LogP contribution in [-0.2, 0) is 6.54 Å². The zero-order valence-electron chi connectivity index (χ0n) is 10.3. The fraction of sp³-hybridized carbons (Fsp3) is 0.286. The minimum Gasteiger partial charge on any atom is -0.313 e. The highest BCUT2D eigenvalue weighted by atomic mass is 14.9. The van der Waals surface area contributed by atoms with Gasteiger partial charge in [0.1, 0.15) is 0 Å². The van der Waals surface area contributed by atoms with E-state index in [1.54, 1.807) is 0 Å². The van der Waals surface area contributed by atoms with Crippen molar-refractivity contribution < 1.29 is 0 Å². The molecule has 2 aromatic rings. The predicted molar refractivity (Wildman–Crippen MR) is 69.6 cm³/mol. The van der Waals surface area contributed by atoms with Crippen molar-refractivity contribution >= 4 is 0 Å². The lowest BCUT2D eigenvalue weighted by Crippen LogP contribution is -2.12. The number of nitrogens with zero attached hydrogens (tertiary/aromatic N) is 2. The molecule has 0 unspecified atom stereocenters. The van der Waals surface area contributed by atoms with Crippen LogP contribution < -0.4 is 5.32 Å². The lowest BCUT2D eigenvalue weighted by atomic mass is 10.1. The van der Waals surface area contributed by atoms with E-state index in [0.29, 0.717) is 0 Å². The number of rotatable bonds is 4. The zero-order valence-corrected chi connectivity index (χ0v) is 10.3. The van der Waals surface area contributed by atoms with Crippen LogP contribution in [0.1, 0.15) is 18.1 Å². The Hall–Kier alpha value is -1.74. The molecule has 3 nitrogen and oxygen atoms in total. The molecule has 1 N–H and O–H groups in total. The molecular formula is C14H17N3. The molecule has 88 valence electrons. The lowest BCUT2D eigenvalue weighted by molar-refractivity contribution is 0.721. The topological polar surface area (TPSA) is 37.8 Å². The van der Waals surface area contributed by atoms with Crippen LogP contribution in [0.4, 0.5) is 0 Å². The van der Waals surface area contributed by atoms with Crippen molar-refractivity contribution in [3.8, 4) is 11.4 Å². The Balaban J connectivity index is 2.14. The monoisotopic (exact) mass is 227 g/mol. The second-order valence-electron chi connectivity index (χ2n) is 4.06. The van der Waals surface area contributed by atoms with E-state index in [0.717, 1.165) is 30.0 Å². The predicted octanol–water partition coefficient (Wildman–Crippen LogP) is 2.56. The first-order valence-electron chi connectivity index (χ1n) is 5.88. The quantitative estimate of drug-likeness (QED) is 0.872. The van der Waals surface area contributed by atoms with Gasteiger partial charge in [0.2, 0.25) is 0 Å². The van der Waals surface area contributed by atoms with Gasteiger partial charge >= 0.3 is 0 Å². The Kier molecular flexibility index (Phi) is 3.83. The fourth-order valence-corrected chi connectivity index (χ4v) is 1.57. The molecule has 1 heterocycles. The van der Waals surface area contributed by atoms with Gasteiger partial charge in [-0.25, -0.2) is 9.97 Å². The summed E-state index contributed by atoms with van der Waals surface area (Å²) in [6.07, 6.45) is 3.76. The molecule has 3 heteroatoms. The Bertz CT molecular complexity index is 460. The Morgan fingerprint density at radius 1 is 1.06 bits per heavy atom. The maximum atomic E-state index is 4.38. The van der Waals surface area contributed by atoms with Crippen molar-refractivity contribution in [2.24, 2.45) is 0 Å². The molecule has 0 aliphatic rings. The summed E-state index contributed by atoms with van der Waals surface area (Å²) in [5.41, 5.74) is 3.42. The molecule has 0 aliphatic heterocycles. The summed E-state index contributed by atoms with van der Waals surface area (Å²) in [6, 6.07) is 8.25. The summed E-state index contributed by atoms with van der Waals surface area (Å²) in [4.78, 5) is 8.76. The molecule has 1 aromatic carbocycles. The molecule has 0 spiro atoms. The normalized spacial score (nSPS) is 10.5. The van der Waals surface area contributed by atoms with Crippen molar-refractivity contribution in [2.75, 3.05) is 6.54 Å². The van der Waals surface area contributed by atoms with E-state index >= 15 is 0 Å². The SMILES string of the molecule is CCNCc1cnc(-c2ccc(C)cc2)nc1. The van der Waals surface area contributed by atoms with Crippen molar-refractivity contribution in [1.82, 2.24) is 15.3 Å². The van der Waals surface area contributed by atoms with Crippen molar-refractivity contribution in [1.29, 1.82) is 0 Å². The average molecular weight is 227 g/mol. The third-order valence-electron chi connectivity index (χ3n) is 2.59. The second-order valence-corrected chi connectivity index (χ2v) is 4.06. The van der Waals surface area contributed by atoms with Crippen LogP contribution in [0.3, 0.4) is 0 Å². The summed E-state index contributed by atoms with van der Waals surface area (Å²) in [7, 11) is 0. The molecular weight excluding hydrogens is 210 g/mol. The summed E-state index contributed by atoms with van der Waals surface area (Å²) in [6.45, 7) is 5.94. The maximum absolute atomic E-state index is 4.38. The van der Waals surface area contributed by atoms with Gasteiger partial charge in [0, 0.05) is 30.1 Å². The number of aromatic nitrogens is 2. The van der Waals surface area contributed by atoms with Crippen molar-refractivity contribution in [2.45, 2.75) is 20.4 Å². The molecule has 0 atom stereocenters. The summed E-state index contributed by atoms with van der Waals surface area (Å²) >= 11 is 0. The van der Waals surface area contributed by atoms with Crippen LogP contribution in [-0.4, -0.2) is 16.5 Å². The number of aryl methyl sites for hydroxylation is 1. The van der Waals surface area contributed by atoms with E-state index in [9.17, 15) is 0 Å². The van der Waals surface area contributed by atoms with E-state index in [1.165, 1.54) is 5.56 Å². The summed E-state index contributed by atoms with van der Waals surface area (Å²) < 4.78 is 0. The number of nitrogens with one attached hydrogen (secondary N) is 1. The summed E-state index contributed by atoms with van der Waals surface area (Å²) in [5, 5.41) is 3.25. The van der Waals surface area contributed by atoms with Crippen LogP contribution in [0.15, 0.2) is 36.7 Å². The second kappa shape index (κ2) is 5.55. The highest BCUT2D eigenvalue weighted by molar-refractivity contribution is 5.54. The van der Waals surface area contributed by atoms with Gasteiger partial charge < -0.3 is 5.32 Å². The first-order chi connectivity index (χ1) is 8.29. The molecule has 0 radical (unpaired) electrons. The standard InChI is InChI=1S/C14H17N3/c1-3-15-8-12-9-16-14(17-10-12)13-6-4-11(2)5-7-13/h4-7,9-10,15H,3,8H2,1-2H3. The van der Waals surface area contributed by atoms with E-state index in [4.69, 9.17) is 0 Å². The molecule has 0 saturated carbocycles. The maximum Gasteiger partial charge on any atom is 0.159 e. The third kappa shape index (κ3) is 3.11. The van der Waals surface area contributed by atoms with Gasteiger partial charge in [-0.3, -0.25) is 0 Å². The lowest BCUT2D eigenvalue weighted by Gasteiger charge is -2.03. The molecule has 17 heavy (non-hydrogen) atoms. The minimum absolute atomic E-state index is 0.783. The zero-order chi connectivity index (χ0) is 12.1. The van der Waals surface area contributed by atoms with Crippen LogP contribution in [0.5, 0.6) is 0 Å². The molecule has 1 aromatic heterocycles.